The van der Waals surface area contributed by atoms with Gasteiger partial charge in [-0.25, -0.2) is 0 Å². The Hall–Kier alpha value is -1.68. The van der Waals surface area contributed by atoms with Gasteiger partial charge in [0.05, 0.1) is 12.8 Å². The summed E-state index contributed by atoms with van der Waals surface area (Å²) < 4.78 is 5.26. The Morgan fingerprint density at radius 3 is 2.56 bits per heavy atom. The third-order valence-electron chi connectivity index (χ3n) is 2.71. The first kappa shape index (κ1) is 12.8. The number of carbonyl (C=O) groups is 1. The molecule has 0 saturated heterocycles. The molecule has 3 nitrogen and oxygen atoms in total. The van der Waals surface area contributed by atoms with Gasteiger partial charge in [-0.05, 0) is 43.3 Å². The minimum atomic E-state index is 0.00207. The van der Waals surface area contributed by atoms with Crippen molar-refractivity contribution in [2.45, 2.75) is 18.4 Å². The van der Waals surface area contributed by atoms with E-state index in [-0.39, 0.29) is 5.91 Å². The van der Waals surface area contributed by atoms with E-state index in [2.05, 4.69) is 12.6 Å². The molecular formula is C14H15NO2S. The predicted molar refractivity (Wildman–Crippen MR) is 72.8 cm³/mol. The Morgan fingerprint density at radius 2 is 2.00 bits per heavy atom. The molecule has 2 rings (SSSR count). The van der Waals surface area contributed by atoms with E-state index >= 15 is 0 Å². The van der Waals surface area contributed by atoms with E-state index < -0.39 is 0 Å². The number of nitrogens with zero attached hydrogens (tertiary/aromatic N) is 1. The number of furan rings is 1. The van der Waals surface area contributed by atoms with Crippen LogP contribution in [0.15, 0.2) is 52.0 Å². The molecule has 1 amide bonds. The molecule has 94 valence electrons. The van der Waals surface area contributed by atoms with Crippen LogP contribution < -0.4 is 0 Å². The van der Waals surface area contributed by atoms with Crippen LogP contribution in [0.3, 0.4) is 0 Å². The highest BCUT2D eigenvalue weighted by atomic mass is 32.1. The monoisotopic (exact) mass is 261 g/mol. The van der Waals surface area contributed by atoms with Gasteiger partial charge in [-0.15, -0.1) is 12.6 Å². The van der Waals surface area contributed by atoms with E-state index in [1.165, 1.54) is 0 Å². The van der Waals surface area contributed by atoms with Crippen molar-refractivity contribution in [2.75, 3.05) is 6.54 Å². The molecule has 0 aliphatic carbocycles. The SMILES string of the molecule is CCN(Cc1ccco1)C(=O)c1ccc(S)cc1. The molecule has 1 heterocycles. The fourth-order valence-corrected chi connectivity index (χ4v) is 1.85. The number of hydrogen-bond acceptors (Lipinski definition) is 3. The molecule has 0 fully saturated rings. The molecule has 0 radical (unpaired) electrons. The average molecular weight is 261 g/mol. The molecule has 1 aromatic heterocycles. The largest absolute Gasteiger partial charge is 0.467 e. The van der Waals surface area contributed by atoms with E-state index in [1.807, 2.05) is 31.2 Å². The van der Waals surface area contributed by atoms with Gasteiger partial charge in [0.2, 0.25) is 0 Å². The molecule has 4 heteroatoms. The van der Waals surface area contributed by atoms with Gasteiger partial charge in [0.25, 0.3) is 5.91 Å². The minimum Gasteiger partial charge on any atom is -0.467 e. The molecule has 0 atom stereocenters. The molecule has 0 saturated carbocycles. The lowest BCUT2D eigenvalue weighted by Gasteiger charge is -2.19. The van der Waals surface area contributed by atoms with Crippen LogP contribution in [0.2, 0.25) is 0 Å². The lowest BCUT2D eigenvalue weighted by Crippen LogP contribution is -2.30. The Morgan fingerprint density at radius 1 is 1.28 bits per heavy atom. The van der Waals surface area contributed by atoms with Crippen LogP contribution >= 0.6 is 12.6 Å². The lowest BCUT2D eigenvalue weighted by atomic mass is 10.2. The predicted octanol–water partition coefficient (Wildman–Crippen LogP) is 3.23. The van der Waals surface area contributed by atoms with Crippen LogP contribution in [0.25, 0.3) is 0 Å². The van der Waals surface area contributed by atoms with Crippen molar-refractivity contribution in [2.24, 2.45) is 0 Å². The Kier molecular flexibility index (Phi) is 4.10. The molecule has 0 N–H and O–H groups in total. The third kappa shape index (κ3) is 2.96. The summed E-state index contributed by atoms with van der Waals surface area (Å²) in [4.78, 5) is 14.9. The van der Waals surface area contributed by atoms with Gasteiger partial charge in [-0.3, -0.25) is 4.79 Å². The van der Waals surface area contributed by atoms with E-state index in [4.69, 9.17) is 4.42 Å². The second-order valence-corrected chi connectivity index (χ2v) is 4.46. The van der Waals surface area contributed by atoms with Crippen molar-refractivity contribution in [3.05, 3.63) is 54.0 Å². The molecule has 0 aliphatic rings. The summed E-state index contributed by atoms with van der Waals surface area (Å²) in [5.41, 5.74) is 0.668. The van der Waals surface area contributed by atoms with Crippen LogP contribution in [0.1, 0.15) is 23.0 Å². The first-order valence-electron chi connectivity index (χ1n) is 5.81. The zero-order valence-corrected chi connectivity index (χ0v) is 11.1. The third-order valence-corrected chi connectivity index (χ3v) is 3.01. The molecule has 1 aromatic carbocycles. The first-order chi connectivity index (χ1) is 8.70. The van der Waals surface area contributed by atoms with Crippen molar-refractivity contribution in [3.63, 3.8) is 0 Å². The Labute approximate surface area is 112 Å². The maximum absolute atomic E-state index is 12.3. The van der Waals surface area contributed by atoms with Crippen LogP contribution in [0.4, 0.5) is 0 Å². The summed E-state index contributed by atoms with van der Waals surface area (Å²) in [6, 6.07) is 10.9. The van der Waals surface area contributed by atoms with Gasteiger partial charge in [-0.1, -0.05) is 0 Å². The average Bonchev–Trinajstić information content (AvgIpc) is 2.89. The molecule has 0 aliphatic heterocycles. The molecule has 0 bridgehead atoms. The van der Waals surface area contributed by atoms with Gasteiger partial charge in [0, 0.05) is 17.0 Å². The first-order valence-corrected chi connectivity index (χ1v) is 6.26. The van der Waals surface area contributed by atoms with Gasteiger partial charge in [0.1, 0.15) is 5.76 Å². The van der Waals surface area contributed by atoms with Gasteiger partial charge < -0.3 is 9.32 Å². The molecular weight excluding hydrogens is 246 g/mol. The fraction of sp³-hybridized carbons (Fsp3) is 0.214. The smallest absolute Gasteiger partial charge is 0.254 e. The van der Waals surface area contributed by atoms with Crippen molar-refractivity contribution >= 4 is 18.5 Å². The quantitative estimate of drug-likeness (QED) is 0.857. The number of benzene rings is 1. The summed E-state index contributed by atoms with van der Waals surface area (Å²) in [5, 5.41) is 0. The van der Waals surface area contributed by atoms with Crippen molar-refractivity contribution in [1.82, 2.24) is 4.90 Å². The van der Waals surface area contributed by atoms with Crippen LogP contribution in [0, 0.1) is 0 Å². The summed E-state index contributed by atoms with van der Waals surface area (Å²) in [5.74, 6) is 0.790. The van der Waals surface area contributed by atoms with Crippen molar-refractivity contribution in [1.29, 1.82) is 0 Å². The molecule has 0 unspecified atom stereocenters. The van der Waals surface area contributed by atoms with Crippen LogP contribution in [-0.2, 0) is 6.54 Å². The molecule has 18 heavy (non-hydrogen) atoms. The second kappa shape index (κ2) is 5.78. The Bertz CT molecular complexity index is 505. The highest BCUT2D eigenvalue weighted by molar-refractivity contribution is 7.80. The van der Waals surface area contributed by atoms with Crippen LogP contribution in [0.5, 0.6) is 0 Å². The number of amides is 1. The highest BCUT2D eigenvalue weighted by Crippen LogP contribution is 2.12. The van der Waals surface area contributed by atoms with E-state index in [1.54, 1.807) is 23.3 Å². The van der Waals surface area contributed by atoms with E-state index in [0.717, 1.165) is 10.7 Å². The second-order valence-electron chi connectivity index (χ2n) is 3.95. The zero-order chi connectivity index (χ0) is 13.0. The van der Waals surface area contributed by atoms with Gasteiger partial charge >= 0.3 is 0 Å². The summed E-state index contributed by atoms with van der Waals surface area (Å²) in [6.07, 6.45) is 1.61. The zero-order valence-electron chi connectivity index (χ0n) is 10.2. The van der Waals surface area contributed by atoms with Gasteiger partial charge in [-0.2, -0.15) is 0 Å². The standard InChI is InChI=1S/C14H15NO2S/c1-2-15(10-12-4-3-9-17-12)14(16)11-5-7-13(18)8-6-11/h3-9,18H,2,10H2,1H3. The summed E-state index contributed by atoms with van der Waals surface area (Å²) >= 11 is 4.21. The highest BCUT2D eigenvalue weighted by Gasteiger charge is 2.15. The maximum atomic E-state index is 12.3. The topological polar surface area (TPSA) is 33.5 Å². The molecule has 0 spiro atoms. The van der Waals surface area contributed by atoms with E-state index in [0.29, 0.717) is 18.7 Å². The fourth-order valence-electron chi connectivity index (χ4n) is 1.70. The number of thiol groups is 1. The number of hydrogen-bond donors (Lipinski definition) is 1. The Balaban J connectivity index is 2.12. The normalized spacial score (nSPS) is 10.3. The van der Waals surface area contributed by atoms with Crippen molar-refractivity contribution < 1.29 is 9.21 Å². The number of rotatable bonds is 4. The summed E-state index contributed by atoms with van der Waals surface area (Å²) in [6.45, 7) is 3.08. The summed E-state index contributed by atoms with van der Waals surface area (Å²) in [7, 11) is 0. The van der Waals surface area contributed by atoms with Crippen LogP contribution in [-0.4, -0.2) is 17.4 Å². The maximum Gasteiger partial charge on any atom is 0.254 e. The minimum absolute atomic E-state index is 0.00207. The lowest BCUT2D eigenvalue weighted by molar-refractivity contribution is 0.0741. The van der Waals surface area contributed by atoms with Crippen molar-refractivity contribution in [3.8, 4) is 0 Å². The van der Waals surface area contributed by atoms with E-state index in [9.17, 15) is 4.79 Å². The number of carbonyl (C=O) groups excluding carboxylic acids is 1. The van der Waals surface area contributed by atoms with Gasteiger partial charge in [0.15, 0.2) is 0 Å². The molecule has 2 aromatic rings.